The smallest absolute Gasteiger partial charge is 0.260 e. The van der Waals surface area contributed by atoms with Gasteiger partial charge in [-0.15, -0.1) is 0 Å². The highest BCUT2D eigenvalue weighted by Crippen LogP contribution is 2.25. The highest BCUT2D eigenvalue weighted by molar-refractivity contribution is 7.80. The monoisotopic (exact) mass is 349 g/mol. The van der Waals surface area contributed by atoms with Crippen molar-refractivity contribution in [3.05, 3.63) is 36.4 Å². The van der Waals surface area contributed by atoms with Crippen LogP contribution in [0.2, 0.25) is 0 Å². The van der Waals surface area contributed by atoms with Gasteiger partial charge in [0, 0.05) is 6.54 Å². The van der Waals surface area contributed by atoms with E-state index >= 15 is 0 Å². The van der Waals surface area contributed by atoms with Crippen LogP contribution in [0, 0.1) is 0 Å². The first-order valence-corrected chi connectivity index (χ1v) is 8.28. The Morgan fingerprint density at radius 3 is 2.83 bits per heavy atom. The van der Waals surface area contributed by atoms with E-state index in [2.05, 4.69) is 33.0 Å². The van der Waals surface area contributed by atoms with Crippen LogP contribution in [0.15, 0.2) is 36.4 Å². The van der Waals surface area contributed by atoms with Crippen LogP contribution in [0.3, 0.4) is 0 Å². The number of thiocarbonyl (C=S) groups is 1. The molecule has 0 aliphatic heterocycles. The van der Waals surface area contributed by atoms with Gasteiger partial charge in [0.2, 0.25) is 0 Å². The zero-order valence-corrected chi connectivity index (χ0v) is 14.6. The summed E-state index contributed by atoms with van der Waals surface area (Å²) in [5.74, 6) is -0.233. The van der Waals surface area contributed by atoms with Gasteiger partial charge >= 0.3 is 0 Å². The fraction of sp³-hybridized carbons (Fsp3) is 0.267. The maximum absolute atomic E-state index is 12.0. The number of nitrogens with one attached hydrogen (secondary N) is 4. The number of carbonyl (C=O) groups is 1. The van der Waals surface area contributed by atoms with E-state index in [-0.39, 0.29) is 5.91 Å². The number of amides is 1. The highest BCUT2D eigenvalue weighted by atomic mass is 32.1. The Balaban J connectivity index is 1.82. The number of hydrazine groups is 1. The molecule has 1 aromatic heterocycles. The van der Waals surface area contributed by atoms with Gasteiger partial charge < -0.3 is 10.6 Å². The number of carbonyl (C=O) groups excluding carboxylic acids is 1. The number of thiazole rings is 1. The topological polar surface area (TPSA) is 78.1 Å². The van der Waals surface area contributed by atoms with Gasteiger partial charge in [-0.25, -0.2) is 4.98 Å². The number of para-hydroxylation sites is 1. The number of aromatic nitrogens is 1. The predicted octanol–water partition coefficient (Wildman–Crippen LogP) is 2.17. The summed E-state index contributed by atoms with van der Waals surface area (Å²) in [7, 11) is 0. The lowest BCUT2D eigenvalue weighted by molar-refractivity contribution is -0.122. The zero-order chi connectivity index (χ0) is 16.8. The van der Waals surface area contributed by atoms with Gasteiger partial charge in [-0.05, 0) is 38.2 Å². The highest BCUT2D eigenvalue weighted by Gasteiger charge is 2.14. The standard InChI is InChI=1S/C15H19N5OS2/c1-9(2)8-16-14(22)20-19-13(21)10(3)17-15-18-11-6-4-5-7-12(11)23-15/h4-7,10H,1,8H2,2-3H3,(H,17,18)(H,19,21)(H2,16,20,22)/t10-/m0/s1. The van der Waals surface area contributed by atoms with Gasteiger partial charge in [0.25, 0.3) is 5.91 Å². The molecule has 0 bridgehead atoms. The minimum Gasteiger partial charge on any atom is -0.358 e. The number of hydrogen-bond donors (Lipinski definition) is 4. The average molecular weight is 349 g/mol. The SMILES string of the molecule is C=C(C)CNC(=S)NNC(=O)[C@H](C)Nc1nc2ccccc2s1. The Hall–Kier alpha value is -2.19. The fourth-order valence-electron chi connectivity index (χ4n) is 1.69. The van der Waals surface area contributed by atoms with E-state index in [0.29, 0.717) is 16.8 Å². The second-order valence-corrected chi connectivity index (χ2v) is 6.55. The molecule has 6 nitrogen and oxygen atoms in total. The molecule has 1 amide bonds. The van der Waals surface area contributed by atoms with Crippen LogP contribution >= 0.6 is 23.6 Å². The molecule has 0 spiro atoms. The summed E-state index contributed by atoms with van der Waals surface area (Å²) in [6, 6.07) is 7.38. The van der Waals surface area contributed by atoms with E-state index in [9.17, 15) is 4.79 Å². The van der Waals surface area contributed by atoms with Crippen LogP contribution < -0.4 is 21.5 Å². The van der Waals surface area contributed by atoms with Crippen LogP contribution in [0.5, 0.6) is 0 Å². The fourth-order valence-corrected chi connectivity index (χ4v) is 2.76. The Morgan fingerprint density at radius 2 is 2.13 bits per heavy atom. The van der Waals surface area contributed by atoms with E-state index in [1.54, 1.807) is 6.92 Å². The molecule has 0 aliphatic carbocycles. The third-order valence-electron chi connectivity index (χ3n) is 2.88. The number of hydrogen-bond acceptors (Lipinski definition) is 5. The van der Waals surface area contributed by atoms with E-state index in [0.717, 1.165) is 15.8 Å². The molecule has 1 heterocycles. The van der Waals surface area contributed by atoms with Crippen molar-refractivity contribution in [2.24, 2.45) is 0 Å². The Kier molecular flexibility index (Phi) is 5.89. The van der Waals surface area contributed by atoms with Crippen molar-refractivity contribution in [3.63, 3.8) is 0 Å². The van der Waals surface area contributed by atoms with Crippen LogP contribution in [-0.2, 0) is 4.79 Å². The van der Waals surface area contributed by atoms with E-state index in [1.165, 1.54) is 11.3 Å². The first-order valence-electron chi connectivity index (χ1n) is 7.06. The second-order valence-electron chi connectivity index (χ2n) is 5.11. The summed E-state index contributed by atoms with van der Waals surface area (Å²) >= 11 is 6.55. The van der Waals surface area contributed by atoms with E-state index < -0.39 is 6.04 Å². The molecule has 0 aliphatic rings. The van der Waals surface area contributed by atoms with Crippen LogP contribution in [0.4, 0.5) is 5.13 Å². The van der Waals surface area contributed by atoms with Crippen molar-refractivity contribution < 1.29 is 4.79 Å². The van der Waals surface area contributed by atoms with Crippen molar-refractivity contribution in [3.8, 4) is 0 Å². The van der Waals surface area contributed by atoms with Crippen molar-refractivity contribution >= 4 is 49.9 Å². The predicted molar refractivity (Wildman–Crippen MR) is 99.4 cm³/mol. The summed E-state index contributed by atoms with van der Waals surface area (Å²) < 4.78 is 1.07. The van der Waals surface area contributed by atoms with Gasteiger partial charge in [0.1, 0.15) is 6.04 Å². The molecule has 4 N–H and O–H groups in total. The first kappa shape index (κ1) is 17.2. The summed E-state index contributed by atoms with van der Waals surface area (Å²) in [5, 5.41) is 7.05. The van der Waals surface area contributed by atoms with Crippen molar-refractivity contribution in [1.29, 1.82) is 0 Å². The summed E-state index contributed by atoms with van der Waals surface area (Å²) in [6.07, 6.45) is 0. The molecular formula is C15H19N5OS2. The Morgan fingerprint density at radius 1 is 1.39 bits per heavy atom. The second kappa shape index (κ2) is 7.89. The average Bonchev–Trinajstić information content (AvgIpc) is 2.92. The minimum atomic E-state index is -0.452. The molecule has 0 fully saturated rings. The molecule has 2 aromatic rings. The normalized spacial score (nSPS) is 11.6. The minimum absolute atomic E-state index is 0.233. The first-order chi connectivity index (χ1) is 11.0. The molecular weight excluding hydrogens is 330 g/mol. The maximum Gasteiger partial charge on any atom is 0.260 e. The Bertz CT molecular complexity index is 694. The third-order valence-corrected chi connectivity index (χ3v) is 4.09. The van der Waals surface area contributed by atoms with Crippen molar-refractivity contribution in [1.82, 2.24) is 21.2 Å². The number of anilines is 1. The molecule has 23 heavy (non-hydrogen) atoms. The summed E-state index contributed by atoms with van der Waals surface area (Å²) in [4.78, 5) is 16.5. The third kappa shape index (κ3) is 5.19. The lowest BCUT2D eigenvalue weighted by Crippen LogP contribution is -2.51. The lowest BCUT2D eigenvalue weighted by Gasteiger charge is -2.15. The van der Waals surface area contributed by atoms with E-state index in [4.69, 9.17) is 12.2 Å². The van der Waals surface area contributed by atoms with Gasteiger partial charge in [-0.2, -0.15) is 0 Å². The summed E-state index contributed by atoms with van der Waals surface area (Å²) in [6.45, 7) is 7.96. The van der Waals surface area contributed by atoms with Gasteiger partial charge in [-0.3, -0.25) is 15.6 Å². The lowest BCUT2D eigenvalue weighted by atomic mass is 10.3. The van der Waals surface area contributed by atoms with E-state index in [1.807, 2.05) is 31.2 Å². The summed E-state index contributed by atoms with van der Waals surface area (Å²) in [5.41, 5.74) is 7.07. The van der Waals surface area contributed by atoms with Crippen LogP contribution in [0.25, 0.3) is 10.2 Å². The number of rotatable bonds is 5. The molecule has 0 unspecified atom stereocenters. The van der Waals surface area contributed by atoms with Crippen LogP contribution in [0.1, 0.15) is 13.8 Å². The molecule has 2 rings (SSSR count). The number of benzene rings is 1. The maximum atomic E-state index is 12.0. The zero-order valence-electron chi connectivity index (χ0n) is 13.0. The molecule has 122 valence electrons. The number of fused-ring (bicyclic) bond motifs is 1. The largest absolute Gasteiger partial charge is 0.358 e. The molecule has 0 saturated carbocycles. The van der Waals surface area contributed by atoms with Gasteiger partial charge in [-0.1, -0.05) is 35.6 Å². The van der Waals surface area contributed by atoms with Gasteiger partial charge in [0.15, 0.2) is 10.2 Å². The molecule has 0 radical (unpaired) electrons. The van der Waals surface area contributed by atoms with Crippen molar-refractivity contribution in [2.75, 3.05) is 11.9 Å². The van der Waals surface area contributed by atoms with Gasteiger partial charge in [0.05, 0.1) is 10.2 Å². The number of nitrogens with zero attached hydrogens (tertiary/aromatic N) is 1. The molecule has 8 heteroatoms. The molecule has 0 saturated heterocycles. The van der Waals surface area contributed by atoms with Crippen LogP contribution in [-0.4, -0.2) is 28.6 Å². The quantitative estimate of drug-likeness (QED) is 0.376. The Labute approximate surface area is 144 Å². The van der Waals surface area contributed by atoms with Crippen molar-refractivity contribution in [2.45, 2.75) is 19.9 Å². The molecule has 1 atom stereocenters. The molecule has 1 aromatic carbocycles.